The molecule has 1 N–H and O–H groups in total. The van der Waals surface area contributed by atoms with Crippen molar-refractivity contribution >= 4 is 0 Å². The third kappa shape index (κ3) is 5.38. The Morgan fingerprint density at radius 2 is 2.00 bits per heavy atom. The third-order valence-corrected chi connectivity index (χ3v) is 4.39. The maximum absolute atomic E-state index is 5.73. The minimum Gasteiger partial charge on any atom is -0.384 e. The van der Waals surface area contributed by atoms with Gasteiger partial charge in [0.15, 0.2) is 0 Å². The standard InChI is InChI=1S/C15H30N2O2/c1-17(9-10-19-11-14-3-4-14)12-15(13-18-2)5-7-16-8-6-15/h14,16H,3-13H2,1-2H3. The summed E-state index contributed by atoms with van der Waals surface area (Å²) in [6.07, 6.45) is 5.18. The average Bonchev–Trinajstić information content (AvgIpc) is 3.20. The molecule has 112 valence electrons. The van der Waals surface area contributed by atoms with Crippen molar-refractivity contribution in [3.8, 4) is 0 Å². The van der Waals surface area contributed by atoms with Crippen LogP contribution in [0.4, 0.5) is 0 Å². The smallest absolute Gasteiger partial charge is 0.0593 e. The van der Waals surface area contributed by atoms with Crippen LogP contribution in [0.3, 0.4) is 0 Å². The zero-order chi connectivity index (χ0) is 13.6. The Kier molecular flexibility index (Phi) is 6.07. The van der Waals surface area contributed by atoms with Crippen molar-refractivity contribution in [2.24, 2.45) is 11.3 Å². The molecule has 1 saturated heterocycles. The molecule has 2 aliphatic rings. The van der Waals surface area contributed by atoms with Crippen LogP contribution >= 0.6 is 0 Å². The normalized spacial score (nSPS) is 22.9. The van der Waals surface area contributed by atoms with E-state index in [2.05, 4.69) is 17.3 Å². The molecule has 0 aromatic carbocycles. The van der Waals surface area contributed by atoms with Gasteiger partial charge in [-0.3, -0.25) is 0 Å². The first-order valence-corrected chi connectivity index (χ1v) is 7.70. The average molecular weight is 270 g/mol. The number of nitrogens with one attached hydrogen (secondary N) is 1. The first-order valence-electron chi connectivity index (χ1n) is 7.70. The van der Waals surface area contributed by atoms with Gasteiger partial charge in [0, 0.05) is 32.2 Å². The van der Waals surface area contributed by atoms with Crippen LogP contribution in [-0.4, -0.2) is 65.1 Å². The number of rotatable bonds is 9. The van der Waals surface area contributed by atoms with E-state index in [1.807, 2.05) is 7.11 Å². The SMILES string of the molecule is COCC1(CN(C)CCOCC2CC2)CCNCC1. The van der Waals surface area contributed by atoms with Crippen LogP contribution in [0.15, 0.2) is 0 Å². The van der Waals surface area contributed by atoms with E-state index in [-0.39, 0.29) is 0 Å². The minimum absolute atomic E-state index is 0.339. The molecule has 0 aromatic rings. The van der Waals surface area contributed by atoms with E-state index in [1.54, 1.807) is 0 Å². The summed E-state index contributed by atoms with van der Waals surface area (Å²) >= 11 is 0. The predicted octanol–water partition coefficient (Wildman–Crippen LogP) is 1.36. The number of nitrogens with zero attached hydrogens (tertiary/aromatic N) is 1. The fraction of sp³-hybridized carbons (Fsp3) is 1.00. The topological polar surface area (TPSA) is 33.7 Å². The lowest BCUT2D eigenvalue weighted by Crippen LogP contribution is -2.47. The molecule has 19 heavy (non-hydrogen) atoms. The van der Waals surface area contributed by atoms with Crippen LogP contribution in [0, 0.1) is 11.3 Å². The number of likely N-dealkylation sites (N-methyl/N-ethyl adjacent to an activating group) is 1. The Morgan fingerprint density at radius 3 is 2.63 bits per heavy atom. The lowest BCUT2D eigenvalue weighted by molar-refractivity contribution is 0.0197. The molecule has 4 nitrogen and oxygen atoms in total. The van der Waals surface area contributed by atoms with E-state index in [1.165, 1.54) is 25.7 Å². The molecule has 4 heteroatoms. The second kappa shape index (κ2) is 7.58. The number of piperidine rings is 1. The lowest BCUT2D eigenvalue weighted by Gasteiger charge is -2.40. The van der Waals surface area contributed by atoms with Gasteiger partial charge in [0.25, 0.3) is 0 Å². The second-order valence-corrected chi connectivity index (χ2v) is 6.44. The van der Waals surface area contributed by atoms with Crippen molar-refractivity contribution in [2.45, 2.75) is 25.7 Å². The van der Waals surface area contributed by atoms with Gasteiger partial charge in [0.1, 0.15) is 0 Å². The Hall–Kier alpha value is -0.160. The molecular weight excluding hydrogens is 240 g/mol. The molecule has 1 saturated carbocycles. The molecule has 0 aromatic heterocycles. The zero-order valence-corrected chi connectivity index (χ0v) is 12.6. The molecule has 1 aliphatic heterocycles. The zero-order valence-electron chi connectivity index (χ0n) is 12.6. The second-order valence-electron chi connectivity index (χ2n) is 6.44. The fourth-order valence-electron chi connectivity index (χ4n) is 3.02. The molecule has 2 fully saturated rings. The van der Waals surface area contributed by atoms with Gasteiger partial charge in [0.05, 0.1) is 13.2 Å². The maximum atomic E-state index is 5.73. The summed E-state index contributed by atoms with van der Waals surface area (Å²) in [5.74, 6) is 0.870. The number of methoxy groups -OCH3 is 1. The van der Waals surface area contributed by atoms with Crippen LogP contribution in [0.5, 0.6) is 0 Å². The Balaban J connectivity index is 1.66. The van der Waals surface area contributed by atoms with E-state index in [0.29, 0.717) is 5.41 Å². The molecule has 2 rings (SSSR count). The number of hydrogen-bond acceptors (Lipinski definition) is 4. The molecule has 0 radical (unpaired) electrons. The monoisotopic (exact) mass is 270 g/mol. The summed E-state index contributed by atoms with van der Waals surface area (Å²) in [4.78, 5) is 2.41. The Morgan fingerprint density at radius 1 is 1.26 bits per heavy atom. The van der Waals surface area contributed by atoms with Crippen molar-refractivity contribution < 1.29 is 9.47 Å². The fourth-order valence-corrected chi connectivity index (χ4v) is 3.02. The van der Waals surface area contributed by atoms with Gasteiger partial charge in [-0.15, -0.1) is 0 Å². The van der Waals surface area contributed by atoms with Gasteiger partial charge in [-0.25, -0.2) is 0 Å². The first-order chi connectivity index (χ1) is 9.24. The van der Waals surface area contributed by atoms with Crippen LogP contribution in [0.25, 0.3) is 0 Å². The van der Waals surface area contributed by atoms with Crippen LogP contribution in [-0.2, 0) is 9.47 Å². The highest BCUT2D eigenvalue weighted by Crippen LogP contribution is 2.30. The van der Waals surface area contributed by atoms with Crippen molar-refractivity contribution in [3.05, 3.63) is 0 Å². The highest BCUT2D eigenvalue weighted by atomic mass is 16.5. The number of hydrogen-bond donors (Lipinski definition) is 1. The van der Waals surface area contributed by atoms with E-state index < -0.39 is 0 Å². The maximum Gasteiger partial charge on any atom is 0.0593 e. The van der Waals surface area contributed by atoms with E-state index >= 15 is 0 Å². The van der Waals surface area contributed by atoms with Gasteiger partial charge in [0.2, 0.25) is 0 Å². The summed E-state index contributed by atoms with van der Waals surface area (Å²) in [7, 11) is 4.03. The molecule has 1 aliphatic carbocycles. The van der Waals surface area contributed by atoms with E-state index in [0.717, 1.165) is 51.9 Å². The van der Waals surface area contributed by atoms with E-state index in [9.17, 15) is 0 Å². The quantitative estimate of drug-likeness (QED) is 0.642. The molecule has 0 atom stereocenters. The van der Waals surface area contributed by atoms with Gasteiger partial charge in [-0.1, -0.05) is 0 Å². The lowest BCUT2D eigenvalue weighted by atomic mass is 9.79. The van der Waals surface area contributed by atoms with Crippen LogP contribution in [0.2, 0.25) is 0 Å². The summed E-state index contributed by atoms with van der Waals surface area (Å²) in [6, 6.07) is 0. The molecule has 0 amide bonds. The van der Waals surface area contributed by atoms with Crippen molar-refractivity contribution in [1.82, 2.24) is 10.2 Å². The third-order valence-electron chi connectivity index (χ3n) is 4.39. The molecule has 0 unspecified atom stereocenters. The van der Waals surface area contributed by atoms with Gasteiger partial charge in [-0.05, 0) is 51.7 Å². The van der Waals surface area contributed by atoms with Crippen LogP contribution < -0.4 is 5.32 Å². The van der Waals surface area contributed by atoms with Crippen molar-refractivity contribution in [1.29, 1.82) is 0 Å². The summed E-state index contributed by atoms with van der Waals surface area (Å²) in [6.45, 7) is 7.11. The summed E-state index contributed by atoms with van der Waals surface area (Å²) in [5.41, 5.74) is 0.339. The number of ether oxygens (including phenoxy) is 2. The molecule has 0 bridgehead atoms. The van der Waals surface area contributed by atoms with Gasteiger partial charge >= 0.3 is 0 Å². The van der Waals surface area contributed by atoms with Crippen molar-refractivity contribution in [2.75, 3.05) is 60.2 Å². The largest absolute Gasteiger partial charge is 0.384 e. The molecular formula is C15H30N2O2. The van der Waals surface area contributed by atoms with E-state index in [4.69, 9.17) is 9.47 Å². The highest BCUT2D eigenvalue weighted by molar-refractivity contribution is 4.87. The van der Waals surface area contributed by atoms with Crippen LogP contribution in [0.1, 0.15) is 25.7 Å². The van der Waals surface area contributed by atoms with Gasteiger partial charge < -0.3 is 19.7 Å². The summed E-state index contributed by atoms with van der Waals surface area (Å²) < 4.78 is 11.2. The van der Waals surface area contributed by atoms with Crippen molar-refractivity contribution in [3.63, 3.8) is 0 Å². The molecule has 0 spiro atoms. The Labute approximate surface area is 117 Å². The minimum atomic E-state index is 0.339. The van der Waals surface area contributed by atoms with Gasteiger partial charge in [-0.2, -0.15) is 0 Å². The summed E-state index contributed by atoms with van der Waals surface area (Å²) in [5, 5.41) is 3.44. The Bertz CT molecular complexity index is 245. The predicted molar refractivity (Wildman–Crippen MR) is 77.5 cm³/mol. The highest BCUT2D eigenvalue weighted by Gasteiger charge is 2.33. The first kappa shape index (κ1) is 15.2. The molecule has 1 heterocycles.